The number of hydrogen-bond acceptors (Lipinski definition) is 4. The molecule has 1 amide bonds. The molecule has 0 atom stereocenters. The summed E-state index contributed by atoms with van der Waals surface area (Å²) in [4.78, 5) is 22.3. The number of benzene rings is 1. The minimum Gasteiger partial charge on any atom is -0.480 e. The van der Waals surface area contributed by atoms with E-state index in [1.54, 1.807) is 13.8 Å². The number of aryl methyl sites for hydroxylation is 1. The highest BCUT2D eigenvalue weighted by Crippen LogP contribution is 2.19. The third-order valence-electron chi connectivity index (χ3n) is 2.71. The van der Waals surface area contributed by atoms with Crippen LogP contribution in [0.2, 0.25) is 0 Å². The number of carboxylic acid groups (broad SMARTS) is 1. The second kappa shape index (κ2) is 5.40. The SMILES string of the molecule is Cc1cc(S(C)(=O)=O)cc(C(=O)NCC(=O)O)c1C. The molecule has 7 heteroatoms. The van der Waals surface area contributed by atoms with Crippen molar-refractivity contribution in [3.8, 4) is 0 Å². The van der Waals surface area contributed by atoms with Gasteiger partial charge in [-0.05, 0) is 37.1 Å². The molecule has 19 heavy (non-hydrogen) atoms. The number of hydrogen-bond donors (Lipinski definition) is 2. The zero-order valence-corrected chi connectivity index (χ0v) is 11.7. The van der Waals surface area contributed by atoms with Crippen LogP contribution in [-0.2, 0) is 14.6 Å². The quantitative estimate of drug-likeness (QED) is 0.840. The van der Waals surface area contributed by atoms with Gasteiger partial charge in [0.05, 0.1) is 4.90 Å². The first kappa shape index (κ1) is 15.2. The fraction of sp³-hybridized carbons (Fsp3) is 0.333. The normalized spacial score (nSPS) is 11.1. The number of carbonyl (C=O) groups excluding carboxylic acids is 1. The summed E-state index contributed by atoms with van der Waals surface area (Å²) in [6.45, 7) is 2.86. The fourth-order valence-electron chi connectivity index (χ4n) is 1.53. The molecule has 0 saturated carbocycles. The van der Waals surface area contributed by atoms with Gasteiger partial charge in [0.1, 0.15) is 6.54 Å². The van der Waals surface area contributed by atoms with Crippen LogP contribution < -0.4 is 5.32 Å². The van der Waals surface area contributed by atoms with Gasteiger partial charge in [0.25, 0.3) is 5.91 Å². The second-order valence-corrected chi connectivity index (χ2v) is 6.28. The Kier molecular flexibility index (Phi) is 4.31. The minimum absolute atomic E-state index is 0.0380. The number of carboxylic acids is 1. The summed E-state index contributed by atoms with van der Waals surface area (Å²) < 4.78 is 23.0. The average Bonchev–Trinajstić information content (AvgIpc) is 2.27. The highest BCUT2D eigenvalue weighted by atomic mass is 32.2. The maximum Gasteiger partial charge on any atom is 0.322 e. The van der Waals surface area contributed by atoms with Gasteiger partial charge >= 0.3 is 5.97 Å². The van der Waals surface area contributed by atoms with Crippen molar-refractivity contribution in [2.45, 2.75) is 18.7 Å². The third kappa shape index (κ3) is 3.78. The standard InChI is InChI=1S/C12H15NO5S/c1-7-4-9(19(3,17)18)5-10(8(7)2)12(16)13-6-11(14)15/h4-5H,6H2,1-3H3,(H,13,16)(H,14,15). The van der Waals surface area contributed by atoms with Gasteiger partial charge in [0, 0.05) is 11.8 Å². The molecule has 1 aromatic carbocycles. The van der Waals surface area contributed by atoms with E-state index in [4.69, 9.17) is 5.11 Å². The van der Waals surface area contributed by atoms with Gasteiger partial charge in [-0.1, -0.05) is 0 Å². The van der Waals surface area contributed by atoms with Crippen molar-refractivity contribution >= 4 is 21.7 Å². The summed E-state index contributed by atoms with van der Waals surface area (Å²) in [5.41, 5.74) is 1.44. The second-order valence-electron chi connectivity index (χ2n) is 4.26. The Bertz CT molecular complexity index is 634. The van der Waals surface area contributed by atoms with E-state index in [0.717, 1.165) is 6.26 Å². The molecule has 0 aromatic heterocycles. The molecule has 0 aliphatic heterocycles. The van der Waals surface area contributed by atoms with Crippen molar-refractivity contribution < 1.29 is 23.1 Å². The molecule has 0 heterocycles. The Morgan fingerprint density at radius 2 is 1.84 bits per heavy atom. The molecule has 0 saturated heterocycles. The van der Waals surface area contributed by atoms with Crippen LogP contribution >= 0.6 is 0 Å². The third-order valence-corrected chi connectivity index (χ3v) is 3.81. The molecule has 0 aliphatic rings. The van der Waals surface area contributed by atoms with Crippen LogP contribution in [0.1, 0.15) is 21.5 Å². The summed E-state index contributed by atoms with van der Waals surface area (Å²) >= 11 is 0. The molecule has 104 valence electrons. The summed E-state index contributed by atoms with van der Waals surface area (Å²) in [6, 6.07) is 2.74. The predicted octanol–water partition coefficient (Wildman–Crippen LogP) is 0.521. The van der Waals surface area contributed by atoms with E-state index in [1.165, 1.54) is 12.1 Å². The van der Waals surface area contributed by atoms with E-state index >= 15 is 0 Å². The van der Waals surface area contributed by atoms with Crippen molar-refractivity contribution in [2.75, 3.05) is 12.8 Å². The molecule has 1 aromatic rings. The Morgan fingerprint density at radius 1 is 1.26 bits per heavy atom. The van der Waals surface area contributed by atoms with E-state index in [9.17, 15) is 18.0 Å². The molecule has 2 N–H and O–H groups in total. The van der Waals surface area contributed by atoms with Crippen molar-refractivity contribution in [2.24, 2.45) is 0 Å². The first-order valence-electron chi connectivity index (χ1n) is 5.44. The number of rotatable bonds is 4. The van der Waals surface area contributed by atoms with E-state index < -0.39 is 28.3 Å². The number of nitrogens with one attached hydrogen (secondary N) is 1. The molecule has 0 aliphatic carbocycles. The molecule has 0 unspecified atom stereocenters. The Hall–Kier alpha value is -1.89. The lowest BCUT2D eigenvalue weighted by molar-refractivity contribution is -0.135. The Balaban J connectivity index is 3.23. The van der Waals surface area contributed by atoms with Gasteiger partial charge < -0.3 is 10.4 Å². The zero-order valence-electron chi connectivity index (χ0n) is 10.9. The van der Waals surface area contributed by atoms with Crippen molar-refractivity contribution in [3.05, 3.63) is 28.8 Å². The van der Waals surface area contributed by atoms with E-state index in [2.05, 4.69) is 5.32 Å². The van der Waals surface area contributed by atoms with Crippen molar-refractivity contribution in [1.82, 2.24) is 5.32 Å². The average molecular weight is 285 g/mol. The first-order valence-corrected chi connectivity index (χ1v) is 7.33. The van der Waals surface area contributed by atoms with Gasteiger partial charge in [-0.25, -0.2) is 8.42 Å². The molecular weight excluding hydrogens is 270 g/mol. The smallest absolute Gasteiger partial charge is 0.322 e. The van der Waals surface area contributed by atoms with Crippen LogP contribution in [0.15, 0.2) is 17.0 Å². The summed E-state index contributed by atoms with van der Waals surface area (Å²) in [5.74, 6) is -1.77. The van der Waals surface area contributed by atoms with Crippen LogP contribution in [-0.4, -0.2) is 38.2 Å². The van der Waals surface area contributed by atoms with Crippen molar-refractivity contribution in [1.29, 1.82) is 0 Å². The van der Waals surface area contributed by atoms with Crippen LogP contribution in [0.25, 0.3) is 0 Å². The minimum atomic E-state index is -3.43. The molecule has 0 fully saturated rings. The molecule has 1 rings (SSSR count). The highest BCUT2D eigenvalue weighted by Gasteiger charge is 2.16. The molecule has 0 radical (unpaired) electrons. The summed E-state index contributed by atoms with van der Waals surface area (Å²) in [7, 11) is -3.43. The molecule has 0 bridgehead atoms. The Labute approximate surface area is 111 Å². The number of sulfone groups is 1. The van der Waals surface area contributed by atoms with E-state index in [1.807, 2.05) is 0 Å². The van der Waals surface area contributed by atoms with Gasteiger partial charge in [0.2, 0.25) is 0 Å². The van der Waals surface area contributed by atoms with Gasteiger partial charge in [-0.2, -0.15) is 0 Å². The van der Waals surface area contributed by atoms with Crippen LogP contribution in [0.4, 0.5) is 0 Å². The monoisotopic (exact) mass is 285 g/mol. The lowest BCUT2D eigenvalue weighted by Crippen LogP contribution is -2.30. The number of aliphatic carboxylic acids is 1. The van der Waals surface area contributed by atoms with Crippen molar-refractivity contribution in [3.63, 3.8) is 0 Å². The lowest BCUT2D eigenvalue weighted by atomic mass is 10.0. The topological polar surface area (TPSA) is 101 Å². The van der Waals surface area contributed by atoms with Gasteiger partial charge in [0.15, 0.2) is 9.84 Å². The molecule has 6 nitrogen and oxygen atoms in total. The van der Waals surface area contributed by atoms with Crippen LogP contribution in [0, 0.1) is 13.8 Å². The zero-order chi connectivity index (χ0) is 14.8. The Morgan fingerprint density at radius 3 is 2.32 bits per heavy atom. The highest BCUT2D eigenvalue weighted by molar-refractivity contribution is 7.90. The maximum atomic E-state index is 11.8. The summed E-state index contributed by atoms with van der Waals surface area (Å²) in [5, 5.41) is 10.7. The lowest BCUT2D eigenvalue weighted by Gasteiger charge is -2.11. The predicted molar refractivity (Wildman–Crippen MR) is 69.0 cm³/mol. The number of amides is 1. The van der Waals surface area contributed by atoms with E-state index in [-0.39, 0.29) is 10.5 Å². The summed E-state index contributed by atoms with van der Waals surface area (Å²) in [6.07, 6.45) is 1.05. The largest absolute Gasteiger partial charge is 0.480 e. The maximum absolute atomic E-state index is 11.8. The molecule has 0 spiro atoms. The fourth-order valence-corrected chi connectivity index (χ4v) is 2.25. The van der Waals surface area contributed by atoms with E-state index in [0.29, 0.717) is 11.1 Å². The van der Waals surface area contributed by atoms with Crippen LogP contribution in [0.3, 0.4) is 0 Å². The first-order chi connectivity index (χ1) is 8.62. The van der Waals surface area contributed by atoms with Gasteiger partial charge in [-0.3, -0.25) is 9.59 Å². The molecular formula is C12H15NO5S. The van der Waals surface area contributed by atoms with Gasteiger partial charge in [-0.15, -0.1) is 0 Å². The number of carbonyl (C=O) groups is 2. The van der Waals surface area contributed by atoms with Crippen LogP contribution in [0.5, 0.6) is 0 Å².